The molecule has 3 aromatic carbocycles. The molecule has 0 aliphatic carbocycles. The van der Waals surface area contributed by atoms with E-state index in [0.717, 1.165) is 22.7 Å². The third-order valence-corrected chi connectivity index (χ3v) is 6.36. The molecule has 8 heteroatoms. The topological polar surface area (TPSA) is 67.5 Å². The third kappa shape index (κ3) is 4.02. The Morgan fingerprint density at radius 1 is 0.879 bits per heavy atom. The third-order valence-electron chi connectivity index (χ3n) is 5.52. The van der Waals surface area contributed by atoms with Gasteiger partial charge in [0.15, 0.2) is 5.75 Å². The Hall–Kier alpha value is -3.53. The van der Waals surface area contributed by atoms with Gasteiger partial charge in [0.2, 0.25) is 0 Å². The van der Waals surface area contributed by atoms with E-state index in [4.69, 9.17) is 23.2 Å². The van der Waals surface area contributed by atoms with Crippen LogP contribution in [-0.4, -0.2) is 37.9 Å². The van der Waals surface area contributed by atoms with Gasteiger partial charge >= 0.3 is 0 Å². The predicted molar refractivity (Wildman–Crippen MR) is 138 cm³/mol. The number of nitriles is 1. The van der Waals surface area contributed by atoms with Crippen LogP contribution in [0.25, 0.3) is 16.6 Å². The van der Waals surface area contributed by atoms with Gasteiger partial charge in [0.25, 0.3) is 0 Å². The Bertz CT molecular complexity index is 1370. The van der Waals surface area contributed by atoms with Gasteiger partial charge in [0.1, 0.15) is 16.7 Å². The summed E-state index contributed by atoms with van der Waals surface area (Å²) in [7, 11) is 7.90. The summed E-state index contributed by atoms with van der Waals surface area (Å²) >= 11 is 12.9. The van der Waals surface area contributed by atoms with Gasteiger partial charge in [-0.2, -0.15) is 5.26 Å². The van der Waals surface area contributed by atoms with E-state index in [-0.39, 0.29) is 21.4 Å². The summed E-state index contributed by atoms with van der Waals surface area (Å²) in [6.07, 6.45) is 1.86. The summed E-state index contributed by atoms with van der Waals surface area (Å²) in [6, 6.07) is 17.9. The second-order valence-corrected chi connectivity index (χ2v) is 8.83. The van der Waals surface area contributed by atoms with Crippen LogP contribution in [0.2, 0.25) is 10.0 Å². The number of hydrogen-bond acceptors (Lipinski definition) is 5. The van der Waals surface area contributed by atoms with Crippen LogP contribution in [0.4, 0.5) is 22.7 Å². The van der Waals surface area contributed by atoms with Crippen molar-refractivity contribution in [1.82, 2.24) is 4.57 Å². The minimum Gasteiger partial charge on any atom is -0.505 e. The maximum atomic E-state index is 10.6. The van der Waals surface area contributed by atoms with Gasteiger partial charge in [-0.3, -0.25) is 0 Å². The van der Waals surface area contributed by atoms with Crippen molar-refractivity contribution in [3.05, 3.63) is 70.3 Å². The molecule has 6 nitrogen and oxygen atoms in total. The van der Waals surface area contributed by atoms with Crippen molar-refractivity contribution in [2.75, 3.05) is 43.3 Å². The lowest BCUT2D eigenvalue weighted by Crippen LogP contribution is -2.08. The molecule has 33 heavy (non-hydrogen) atoms. The zero-order valence-corrected chi connectivity index (χ0v) is 20.2. The number of benzene rings is 3. The van der Waals surface area contributed by atoms with E-state index < -0.39 is 0 Å². The number of phenolic OH excluding ortho intramolecular Hbond substituents is 1. The summed E-state index contributed by atoms with van der Waals surface area (Å²) in [5, 5.41) is 24.5. The van der Waals surface area contributed by atoms with Crippen LogP contribution < -0.4 is 15.1 Å². The van der Waals surface area contributed by atoms with E-state index in [1.165, 1.54) is 0 Å². The van der Waals surface area contributed by atoms with E-state index >= 15 is 0 Å². The van der Waals surface area contributed by atoms with Crippen LogP contribution in [0.1, 0.15) is 5.56 Å². The van der Waals surface area contributed by atoms with E-state index in [9.17, 15) is 10.4 Å². The van der Waals surface area contributed by atoms with E-state index in [0.29, 0.717) is 16.6 Å². The molecule has 2 N–H and O–H groups in total. The van der Waals surface area contributed by atoms with Gasteiger partial charge in [-0.05, 0) is 48.5 Å². The lowest BCUT2D eigenvalue weighted by atomic mass is 10.1. The SMILES string of the molecule is CN(C)c1ccc(Nc2cn(-c3ccc(N(C)C)cc3)c3c(C#N)c(O)c(Cl)c(Cl)c23)cc1. The summed E-state index contributed by atoms with van der Waals surface area (Å²) < 4.78 is 1.84. The molecular formula is C25H23Cl2N5O. The van der Waals surface area contributed by atoms with Gasteiger partial charge in [0, 0.05) is 62.5 Å². The number of nitrogens with one attached hydrogen (secondary N) is 1. The van der Waals surface area contributed by atoms with Crippen molar-refractivity contribution in [3.8, 4) is 17.5 Å². The first-order valence-corrected chi connectivity index (χ1v) is 11.0. The van der Waals surface area contributed by atoms with Gasteiger partial charge in [-0.15, -0.1) is 0 Å². The normalized spacial score (nSPS) is 10.8. The lowest BCUT2D eigenvalue weighted by Gasteiger charge is -2.14. The first-order chi connectivity index (χ1) is 15.7. The molecule has 1 aromatic heterocycles. The molecule has 0 aliphatic rings. The molecule has 0 bridgehead atoms. The number of nitrogens with zero attached hydrogens (tertiary/aromatic N) is 4. The first kappa shape index (κ1) is 22.7. The van der Waals surface area contributed by atoms with Crippen LogP contribution in [0, 0.1) is 11.3 Å². The summed E-state index contributed by atoms with van der Waals surface area (Å²) in [5.74, 6) is -0.331. The molecule has 0 radical (unpaired) electrons. The molecule has 168 valence electrons. The highest BCUT2D eigenvalue weighted by Crippen LogP contribution is 2.46. The molecule has 0 fully saturated rings. The van der Waals surface area contributed by atoms with E-state index in [1.807, 2.05) is 97.3 Å². The lowest BCUT2D eigenvalue weighted by molar-refractivity contribution is 0.474. The number of hydrogen-bond donors (Lipinski definition) is 2. The highest BCUT2D eigenvalue weighted by Gasteiger charge is 2.24. The number of aromatic hydroxyl groups is 1. The second kappa shape index (κ2) is 8.78. The van der Waals surface area contributed by atoms with Crippen molar-refractivity contribution >= 4 is 56.9 Å². The van der Waals surface area contributed by atoms with Crippen LogP contribution >= 0.6 is 23.2 Å². The minimum absolute atomic E-state index is 0.0487. The largest absolute Gasteiger partial charge is 0.505 e. The number of fused-ring (bicyclic) bond motifs is 1. The van der Waals surface area contributed by atoms with Crippen LogP contribution in [-0.2, 0) is 0 Å². The van der Waals surface area contributed by atoms with Crippen LogP contribution in [0.3, 0.4) is 0 Å². The van der Waals surface area contributed by atoms with Gasteiger partial charge in [-0.1, -0.05) is 23.2 Å². The monoisotopic (exact) mass is 479 g/mol. The zero-order valence-electron chi connectivity index (χ0n) is 18.7. The quantitative estimate of drug-likeness (QED) is 0.347. The molecule has 1 heterocycles. The average Bonchev–Trinajstić information content (AvgIpc) is 3.17. The number of rotatable bonds is 5. The molecule has 0 saturated carbocycles. The molecule has 0 atom stereocenters. The Kier molecular flexibility index (Phi) is 6.03. The van der Waals surface area contributed by atoms with Gasteiger partial charge < -0.3 is 24.8 Å². The maximum Gasteiger partial charge on any atom is 0.155 e. The zero-order chi connectivity index (χ0) is 23.9. The Balaban J connectivity index is 1.94. The number of anilines is 4. The van der Waals surface area contributed by atoms with Gasteiger partial charge in [-0.25, -0.2) is 0 Å². The van der Waals surface area contributed by atoms with Crippen molar-refractivity contribution in [1.29, 1.82) is 5.26 Å². The molecular weight excluding hydrogens is 457 g/mol. The molecule has 0 unspecified atom stereocenters. The fraction of sp³-hybridized carbons (Fsp3) is 0.160. The standard InChI is InChI=1S/C25H23Cl2N5O/c1-30(2)16-7-5-15(6-8-16)29-20-14-32(18-11-9-17(10-12-18)31(3)4)24-19(13-28)25(33)23(27)22(26)21(20)24/h5-12,14,29,33H,1-4H3. The highest BCUT2D eigenvalue weighted by molar-refractivity contribution is 6.47. The Morgan fingerprint density at radius 3 is 1.94 bits per heavy atom. The second-order valence-electron chi connectivity index (χ2n) is 8.08. The van der Waals surface area contributed by atoms with Gasteiger partial charge in [0.05, 0.1) is 16.2 Å². The molecule has 0 amide bonds. The Morgan fingerprint density at radius 2 is 1.42 bits per heavy atom. The van der Waals surface area contributed by atoms with E-state index in [2.05, 4.69) is 11.4 Å². The fourth-order valence-corrected chi connectivity index (χ4v) is 4.19. The van der Waals surface area contributed by atoms with E-state index in [1.54, 1.807) is 0 Å². The van der Waals surface area contributed by atoms with Crippen LogP contribution in [0.5, 0.6) is 5.75 Å². The fourth-order valence-electron chi connectivity index (χ4n) is 3.72. The predicted octanol–water partition coefficient (Wildman–Crippen LogP) is 6.39. The molecule has 4 rings (SSSR count). The summed E-state index contributed by atoms with van der Waals surface area (Å²) in [6.45, 7) is 0. The summed E-state index contributed by atoms with van der Waals surface area (Å²) in [5.41, 5.74) is 4.99. The number of phenols is 1. The van der Waals surface area contributed by atoms with Crippen molar-refractivity contribution in [2.45, 2.75) is 0 Å². The number of aromatic nitrogens is 1. The number of halogens is 2. The minimum atomic E-state index is -0.331. The highest BCUT2D eigenvalue weighted by atomic mass is 35.5. The summed E-state index contributed by atoms with van der Waals surface area (Å²) in [4.78, 5) is 4.02. The molecule has 0 aliphatic heterocycles. The Labute approximate surface area is 202 Å². The molecule has 0 spiro atoms. The maximum absolute atomic E-state index is 10.6. The molecule has 0 saturated heterocycles. The van der Waals surface area contributed by atoms with Crippen molar-refractivity contribution in [3.63, 3.8) is 0 Å². The first-order valence-electron chi connectivity index (χ1n) is 10.2. The molecule has 4 aromatic rings. The van der Waals surface area contributed by atoms with Crippen LogP contribution in [0.15, 0.2) is 54.7 Å². The average molecular weight is 480 g/mol. The van der Waals surface area contributed by atoms with Crippen molar-refractivity contribution in [2.24, 2.45) is 0 Å². The smallest absolute Gasteiger partial charge is 0.155 e. The van der Waals surface area contributed by atoms with Crippen molar-refractivity contribution < 1.29 is 5.11 Å².